The van der Waals surface area contributed by atoms with Crippen LogP contribution in [0, 0.1) is 5.82 Å². The highest BCUT2D eigenvalue weighted by Crippen LogP contribution is 2.26. The Morgan fingerprint density at radius 1 is 1.07 bits per heavy atom. The number of anilines is 1. The largest absolute Gasteiger partial charge is 0.497 e. The summed E-state index contributed by atoms with van der Waals surface area (Å²) in [5, 5.41) is 3.62. The summed E-state index contributed by atoms with van der Waals surface area (Å²) in [7, 11) is 3.24. The Morgan fingerprint density at radius 2 is 1.86 bits per heavy atom. The predicted octanol–water partition coefficient (Wildman–Crippen LogP) is 4.84. The maximum atomic E-state index is 13.2. The quantitative estimate of drug-likeness (QED) is 0.573. The number of furan rings is 1. The smallest absolute Gasteiger partial charge is 0.174 e. The zero-order valence-corrected chi connectivity index (χ0v) is 16.5. The van der Waals surface area contributed by atoms with Crippen LogP contribution in [0.25, 0.3) is 0 Å². The van der Waals surface area contributed by atoms with Gasteiger partial charge in [-0.1, -0.05) is 0 Å². The summed E-state index contributed by atoms with van der Waals surface area (Å²) in [4.78, 5) is 1.94. The molecule has 0 radical (unpaired) electrons. The first-order chi connectivity index (χ1) is 13.6. The fourth-order valence-electron chi connectivity index (χ4n) is 2.74. The van der Waals surface area contributed by atoms with Crippen molar-refractivity contribution in [2.45, 2.75) is 13.1 Å². The molecule has 1 heterocycles. The molecule has 1 N–H and O–H groups in total. The van der Waals surface area contributed by atoms with Crippen LogP contribution in [0.2, 0.25) is 0 Å². The fourth-order valence-corrected chi connectivity index (χ4v) is 2.98. The van der Waals surface area contributed by atoms with E-state index in [4.69, 9.17) is 26.1 Å². The first-order valence-corrected chi connectivity index (χ1v) is 9.04. The number of nitrogens with zero attached hydrogens (tertiary/aromatic N) is 1. The molecule has 0 saturated heterocycles. The average Bonchev–Trinajstić information content (AvgIpc) is 3.22. The van der Waals surface area contributed by atoms with Gasteiger partial charge in [0.15, 0.2) is 5.11 Å². The zero-order valence-electron chi connectivity index (χ0n) is 15.6. The van der Waals surface area contributed by atoms with E-state index < -0.39 is 0 Å². The summed E-state index contributed by atoms with van der Waals surface area (Å²) in [5.41, 5.74) is 1.62. The molecule has 0 fully saturated rings. The Morgan fingerprint density at radius 3 is 2.50 bits per heavy atom. The van der Waals surface area contributed by atoms with Crippen LogP contribution in [0.3, 0.4) is 0 Å². The number of methoxy groups -OCH3 is 2. The van der Waals surface area contributed by atoms with E-state index in [1.165, 1.54) is 12.1 Å². The Hall–Kier alpha value is -3.06. The van der Waals surface area contributed by atoms with Crippen LogP contribution in [-0.2, 0) is 13.1 Å². The van der Waals surface area contributed by atoms with Crippen molar-refractivity contribution < 1.29 is 18.3 Å². The third kappa shape index (κ3) is 5.01. The van der Waals surface area contributed by atoms with Gasteiger partial charge in [0, 0.05) is 17.8 Å². The molecule has 2 aromatic carbocycles. The van der Waals surface area contributed by atoms with Crippen molar-refractivity contribution in [3.63, 3.8) is 0 Å². The van der Waals surface area contributed by atoms with Crippen molar-refractivity contribution in [3.8, 4) is 11.5 Å². The summed E-state index contributed by atoms with van der Waals surface area (Å²) in [5.74, 6) is 1.93. The van der Waals surface area contributed by atoms with E-state index in [-0.39, 0.29) is 5.82 Å². The maximum Gasteiger partial charge on any atom is 0.174 e. The number of thiocarbonyl (C=S) groups is 1. The van der Waals surface area contributed by atoms with Crippen LogP contribution in [0.4, 0.5) is 10.1 Å². The van der Waals surface area contributed by atoms with Gasteiger partial charge in [-0.3, -0.25) is 0 Å². The molecule has 7 heteroatoms. The number of nitrogens with one attached hydrogen (secondary N) is 1. The van der Waals surface area contributed by atoms with Gasteiger partial charge in [-0.25, -0.2) is 4.39 Å². The van der Waals surface area contributed by atoms with Crippen LogP contribution >= 0.6 is 12.2 Å². The summed E-state index contributed by atoms with van der Waals surface area (Å²) in [6.45, 7) is 0.925. The van der Waals surface area contributed by atoms with Crippen LogP contribution in [0.15, 0.2) is 65.3 Å². The predicted molar refractivity (Wildman–Crippen MR) is 110 cm³/mol. The SMILES string of the molecule is COc1ccc(OC)c(CN(Cc2ccco2)C(=S)Nc2ccc(F)cc2)c1. The molecule has 0 aliphatic heterocycles. The molecule has 28 heavy (non-hydrogen) atoms. The second-order valence-corrected chi connectivity index (χ2v) is 6.44. The number of hydrogen-bond acceptors (Lipinski definition) is 4. The maximum absolute atomic E-state index is 13.2. The van der Waals surface area contributed by atoms with Gasteiger partial charge in [-0.2, -0.15) is 0 Å². The lowest BCUT2D eigenvalue weighted by molar-refractivity contribution is 0.346. The summed E-state index contributed by atoms with van der Waals surface area (Å²) in [6.07, 6.45) is 1.62. The number of ether oxygens (including phenoxy) is 2. The summed E-state index contributed by atoms with van der Waals surface area (Å²) < 4.78 is 29.5. The molecule has 3 aromatic rings. The van der Waals surface area contributed by atoms with Gasteiger partial charge in [-0.05, 0) is 66.8 Å². The Labute approximate surface area is 168 Å². The lowest BCUT2D eigenvalue weighted by Crippen LogP contribution is -2.33. The fraction of sp³-hybridized carbons (Fsp3) is 0.190. The Balaban J connectivity index is 1.84. The minimum Gasteiger partial charge on any atom is -0.497 e. The molecule has 3 rings (SSSR count). The highest BCUT2D eigenvalue weighted by atomic mass is 32.1. The van der Waals surface area contributed by atoms with Crippen molar-refractivity contribution in [1.82, 2.24) is 4.90 Å². The van der Waals surface area contributed by atoms with Gasteiger partial charge < -0.3 is 24.1 Å². The highest BCUT2D eigenvalue weighted by molar-refractivity contribution is 7.80. The van der Waals surface area contributed by atoms with Crippen molar-refractivity contribution in [2.24, 2.45) is 0 Å². The van der Waals surface area contributed by atoms with E-state index in [0.717, 1.165) is 22.8 Å². The Kier molecular flexibility index (Phi) is 6.49. The molecule has 1 aromatic heterocycles. The molecule has 0 unspecified atom stereocenters. The molecular formula is C21H21FN2O3S. The van der Waals surface area contributed by atoms with Crippen molar-refractivity contribution >= 4 is 23.0 Å². The molecule has 0 amide bonds. The van der Waals surface area contributed by atoms with Crippen LogP contribution < -0.4 is 14.8 Å². The molecule has 0 aliphatic carbocycles. The van der Waals surface area contributed by atoms with Gasteiger partial charge >= 0.3 is 0 Å². The lowest BCUT2D eigenvalue weighted by Gasteiger charge is -2.26. The topological polar surface area (TPSA) is 46.9 Å². The zero-order chi connectivity index (χ0) is 19.9. The van der Waals surface area contributed by atoms with E-state index in [9.17, 15) is 4.39 Å². The second kappa shape index (κ2) is 9.23. The molecule has 0 atom stereocenters. The van der Waals surface area contributed by atoms with Gasteiger partial charge in [0.05, 0.1) is 27.0 Å². The Bertz CT molecular complexity index is 914. The van der Waals surface area contributed by atoms with Crippen LogP contribution in [-0.4, -0.2) is 24.2 Å². The normalized spacial score (nSPS) is 10.4. The van der Waals surface area contributed by atoms with E-state index in [0.29, 0.717) is 23.9 Å². The number of rotatable bonds is 7. The summed E-state index contributed by atoms with van der Waals surface area (Å²) >= 11 is 5.61. The molecule has 146 valence electrons. The number of hydrogen-bond donors (Lipinski definition) is 1. The lowest BCUT2D eigenvalue weighted by atomic mass is 10.1. The van der Waals surface area contributed by atoms with Crippen molar-refractivity contribution in [1.29, 1.82) is 0 Å². The average molecular weight is 400 g/mol. The third-order valence-corrected chi connectivity index (χ3v) is 4.52. The molecule has 0 spiro atoms. The van der Waals surface area contributed by atoms with Crippen LogP contribution in [0.1, 0.15) is 11.3 Å². The molecule has 0 aliphatic rings. The number of benzene rings is 2. The van der Waals surface area contributed by atoms with Crippen molar-refractivity contribution in [2.75, 3.05) is 19.5 Å². The van der Waals surface area contributed by atoms with E-state index in [1.54, 1.807) is 32.6 Å². The molecular weight excluding hydrogens is 379 g/mol. The second-order valence-electron chi connectivity index (χ2n) is 6.05. The first kappa shape index (κ1) is 19.7. The highest BCUT2D eigenvalue weighted by Gasteiger charge is 2.16. The molecule has 0 saturated carbocycles. The van der Waals surface area contributed by atoms with Gasteiger partial charge in [0.1, 0.15) is 23.1 Å². The minimum atomic E-state index is -0.301. The standard InChI is InChI=1S/C21H21FN2O3S/c1-25-18-9-10-20(26-2)15(12-18)13-24(14-19-4-3-11-27-19)21(28)23-17-7-5-16(22)6-8-17/h3-12H,13-14H2,1-2H3,(H,23,28). The van der Waals surface area contributed by atoms with Gasteiger partial charge in [0.2, 0.25) is 0 Å². The van der Waals surface area contributed by atoms with Gasteiger partial charge in [0.25, 0.3) is 0 Å². The first-order valence-electron chi connectivity index (χ1n) is 8.64. The van der Waals surface area contributed by atoms with Crippen molar-refractivity contribution in [3.05, 3.63) is 78.0 Å². The van der Waals surface area contributed by atoms with E-state index in [2.05, 4.69) is 5.32 Å². The van der Waals surface area contributed by atoms with E-state index >= 15 is 0 Å². The number of halogens is 1. The van der Waals surface area contributed by atoms with Gasteiger partial charge in [-0.15, -0.1) is 0 Å². The van der Waals surface area contributed by atoms with E-state index in [1.807, 2.05) is 35.2 Å². The monoisotopic (exact) mass is 400 g/mol. The summed E-state index contributed by atoms with van der Waals surface area (Å²) in [6, 6.07) is 15.4. The van der Waals surface area contributed by atoms with Crippen LogP contribution in [0.5, 0.6) is 11.5 Å². The molecule has 5 nitrogen and oxygen atoms in total. The third-order valence-electron chi connectivity index (χ3n) is 4.16. The molecule has 0 bridgehead atoms. The minimum absolute atomic E-state index is 0.301.